The molecule has 0 N–H and O–H groups in total. The number of hydrogen-bond donors (Lipinski definition) is 0. The van der Waals surface area contributed by atoms with Gasteiger partial charge in [0.2, 0.25) is 0 Å². The molecule has 0 saturated carbocycles. The van der Waals surface area contributed by atoms with E-state index in [0.29, 0.717) is 6.54 Å². The van der Waals surface area contributed by atoms with E-state index in [1.165, 1.54) is 16.7 Å². The fraction of sp³-hybridized carbons (Fsp3) is 0.438. The summed E-state index contributed by atoms with van der Waals surface area (Å²) < 4.78 is 6.01. The molecule has 7 heteroatoms. The van der Waals surface area contributed by atoms with E-state index in [1.807, 2.05) is 32.0 Å². The van der Waals surface area contributed by atoms with Crippen LogP contribution in [0.4, 0.5) is 0 Å². The summed E-state index contributed by atoms with van der Waals surface area (Å²) in [4.78, 5) is 25.8. The lowest BCUT2D eigenvalue weighted by Crippen LogP contribution is -2.32. The first-order valence-electron chi connectivity index (χ1n) is 7.01. The number of carbonyl (C=O) groups excluding carboxylic acids is 2. The standard InChI is InChI=1S/C16H19BrN2O3S/c1-11-8-14(12(2)7-13(11)17)23-10-16(21)22-9-15(20)19(3)6-4-5-18/h7-8H,4,6,9-10H2,1-3H3. The fourth-order valence-electron chi connectivity index (χ4n) is 1.68. The van der Waals surface area contributed by atoms with Gasteiger partial charge in [0.1, 0.15) is 0 Å². The maximum absolute atomic E-state index is 11.7. The minimum Gasteiger partial charge on any atom is -0.455 e. The van der Waals surface area contributed by atoms with Crippen LogP contribution in [-0.4, -0.2) is 42.7 Å². The van der Waals surface area contributed by atoms with E-state index in [1.54, 1.807) is 7.05 Å². The number of nitrogens with zero attached hydrogens (tertiary/aromatic N) is 2. The zero-order valence-corrected chi connectivity index (χ0v) is 15.8. The Hall–Kier alpha value is -1.52. The first-order valence-corrected chi connectivity index (χ1v) is 8.79. The van der Waals surface area contributed by atoms with Crippen molar-refractivity contribution in [2.75, 3.05) is 26.0 Å². The van der Waals surface area contributed by atoms with Gasteiger partial charge < -0.3 is 9.64 Å². The van der Waals surface area contributed by atoms with Gasteiger partial charge >= 0.3 is 5.97 Å². The maximum atomic E-state index is 11.7. The number of esters is 1. The molecule has 0 saturated heterocycles. The summed E-state index contributed by atoms with van der Waals surface area (Å²) >= 11 is 4.86. The van der Waals surface area contributed by atoms with E-state index in [9.17, 15) is 9.59 Å². The van der Waals surface area contributed by atoms with E-state index in [4.69, 9.17) is 10.00 Å². The number of nitriles is 1. The molecule has 0 radical (unpaired) electrons. The molecule has 0 fully saturated rings. The average Bonchev–Trinajstić information content (AvgIpc) is 2.52. The molecule has 1 amide bonds. The Balaban J connectivity index is 2.42. The largest absolute Gasteiger partial charge is 0.455 e. The Bertz CT molecular complexity index is 628. The van der Waals surface area contributed by atoms with Crippen LogP contribution in [0.3, 0.4) is 0 Å². The zero-order valence-electron chi connectivity index (χ0n) is 13.4. The van der Waals surface area contributed by atoms with Crippen molar-refractivity contribution in [2.45, 2.75) is 25.2 Å². The minimum atomic E-state index is -0.433. The predicted molar refractivity (Wildman–Crippen MR) is 93.2 cm³/mol. The van der Waals surface area contributed by atoms with Crippen LogP contribution in [0.5, 0.6) is 0 Å². The molecule has 23 heavy (non-hydrogen) atoms. The van der Waals surface area contributed by atoms with E-state index >= 15 is 0 Å². The van der Waals surface area contributed by atoms with Crippen molar-refractivity contribution >= 4 is 39.6 Å². The number of rotatable bonds is 7. The number of thioether (sulfide) groups is 1. The fourth-order valence-corrected chi connectivity index (χ4v) is 3.04. The first kappa shape index (κ1) is 19.5. The Kier molecular flexibility index (Phi) is 8.13. The van der Waals surface area contributed by atoms with Crippen LogP contribution in [0, 0.1) is 25.2 Å². The lowest BCUT2D eigenvalue weighted by atomic mass is 10.2. The van der Waals surface area contributed by atoms with Crippen molar-refractivity contribution in [3.8, 4) is 6.07 Å². The van der Waals surface area contributed by atoms with Gasteiger partial charge in [-0.15, -0.1) is 11.8 Å². The van der Waals surface area contributed by atoms with Crippen LogP contribution in [0.1, 0.15) is 17.5 Å². The molecular formula is C16H19BrN2O3S. The molecule has 1 rings (SSSR count). The van der Waals surface area contributed by atoms with Crippen molar-refractivity contribution in [2.24, 2.45) is 0 Å². The molecule has 5 nitrogen and oxygen atoms in total. The van der Waals surface area contributed by atoms with Crippen LogP contribution in [0.2, 0.25) is 0 Å². The number of halogens is 1. The number of likely N-dealkylation sites (N-methyl/N-ethyl adjacent to an activating group) is 1. The maximum Gasteiger partial charge on any atom is 0.316 e. The first-order chi connectivity index (χ1) is 10.8. The quantitative estimate of drug-likeness (QED) is 0.521. The lowest BCUT2D eigenvalue weighted by molar-refractivity contribution is -0.149. The van der Waals surface area contributed by atoms with Crippen LogP contribution >= 0.6 is 27.7 Å². The molecule has 0 aliphatic carbocycles. The summed E-state index contributed by atoms with van der Waals surface area (Å²) in [6, 6.07) is 5.98. The molecule has 0 aromatic heterocycles. The summed E-state index contributed by atoms with van der Waals surface area (Å²) in [5.41, 5.74) is 2.17. The van der Waals surface area contributed by atoms with Crippen LogP contribution in [-0.2, 0) is 14.3 Å². The highest BCUT2D eigenvalue weighted by atomic mass is 79.9. The SMILES string of the molecule is Cc1cc(SCC(=O)OCC(=O)N(C)CCC#N)c(C)cc1Br. The molecule has 124 valence electrons. The van der Waals surface area contributed by atoms with Gasteiger partial charge in [0.15, 0.2) is 6.61 Å². The number of amides is 1. The minimum absolute atomic E-state index is 0.150. The van der Waals surface area contributed by atoms with Gasteiger partial charge in [0, 0.05) is 23.0 Å². The number of hydrogen-bond acceptors (Lipinski definition) is 5. The van der Waals surface area contributed by atoms with E-state index in [2.05, 4.69) is 15.9 Å². The predicted octanol–water partition coefficient (Wildman–Crippen LogP) is 3.07. The van der Waals surface area contributed by atoms with Crippen molar-refractivity contribution in [3.05, 3.63) is 27.7 Å². The summed E-state index contributed by atoms with van der Waals surface area (Å²) in [5, 5.41) is 8.47. The zero-order chi connectivity index (χ0) is 17.4. The number of benzene rings is 1. The molecule has 0 heterocycles. The molecule has 0 bridgehead atoms. The third kappa shape index (κ3) is 6.63. The Labute approximate surface area is 149 Å². The van der Waals surface area contributed by atoms with Gasteiger partial charge in [-0.05, 0) is 37.1 Å². The van der Waals surface area contributed by atoms with E-state index < -0.39 is 5.97 Å². The molecule has 0 atom stereocenters. The monoisotopic (exact) mass is 398 g/mol. The third-order valence-electron chi connectivity index (χ3n) is 3.14. The van der Waals surface area contributed by atoms with Crippen LogP contribution in [0.25, 0.3) is 0 Å². The summed E-state index contributed by atoms with van der Waals surface area (Å²) in [7, 11) is 1.58. The highest BCUT2D eigenvalue weighted by Gasteiger charge is 2.13. The van der Waals surface area contributed by atoms with Crippen LogP contribution < -0.4 is 0 Å². The van der Waals surface area contributed by atoms with Crippen molar-refractivity contribution in [1.29, 1.82) is 5.26 Å². The van der Waals surface area contributed by atoms with Crippen molar-refractivity contribution < 1.29 is 14.3 Å². The van der Waals surface area contributed by atoms with Gasteiger partial charge in [-0.25, -0.2) is 0 Å². The highest BCUT2D eigenvalue weighted by molar-refractivity contribution is 9.10. The Morgan fingerprint density at radius 3 is 2.70 bits per heavy atom. The summed E-state index contributed by atoms with van der Waals surface area (Å²) in [5.74, 6) is -0.594. The molecule has 0 aliphatic heterocycles. The number of ether oxygens (including phenoxy) is 1. The molecule has 0 spiro atoms. The van der Waals surface area contributed by atoms with E-state index in [-0.39, 0.29) is 24.7 Å². The van der Waals surface area contributed by atoms with Crippen LogP contribution in [0.15, 0.2) is 21.5 Å². The summed E-state index contributed by atoms with van der Waals surface area (Å²) in [6.07, 6.45) is 0.258. The van der Waals surface area contributed by atoms with Gasteiger partial charge in [0.05, 0.1) is 18.2 Å². The second kappa shape index (κ2) is 9.58. The Morgan fingerprint density at radius 2 is 2.04 bits per heavy atom. The van der Waals surface area contributed by atoms with E-state index in [0.717, 1.165) is 20.5 Å². The van der Waals surface area contributed by atoms with Crippen molar-refractivity contribution in [1.82, 2.24) is 4.90 Å². The highest BCUT2D eigenvalue weighted by Crippen LogP contribution is 2.28. The molecule has 1 aromatic rings. The number of aryl methyl sites for hydroxylation is 2. The number of carbonyl (C=O) groups is 2. The second-order valence-electron chi connectivity index (χ2n) is 5.04. The smallest absolute Gasteiger partial charge is 0.316 e. The lowest BCUT2D eigenvalue weighted by Gasteiger charge is -2.15. The van der Waals surface area contributed by atoms with Gasteiger partial charge in [-0.3, -0.25) is 9.59 Å². The Morgan fingerprint density at radius 1 is 1.35 bits per heavy atom. The summed E-state index contributed by atoms with van der Waals surface area (Å²) in [6.45, 7) is 4.01. The normalized spacial score (nSPS) is 10.0. The molecule has 0 unspecified atom stereocenters. The molecular weight excluding hydrogens is 380 g/mol. The molecule has 0 aliphatic rings. The molecule has 1 aromatic carbocycles. The van der Waals surface area contributed by atoms with Crippen molar-refractivity contribution in [3.63, 3.8) is 0 Å². The second-order valence-corrected chi connectivity index (χ2v) is 6.91. The van der Waals surface area contributed by atoms with Gasteiger partial charge in [-0.2, -0.15) is 5.26 Å². The average molecular weight is 399 g/mol. The topological polar surface area (TPSA) is 70.4 Å². The van der Waals surface area contributed by atoms with Gasteiger partial charge in [-0.1, -0.05) is 15.9 Å². The third-order valence-corrected chi connectivity index (χ3v) is 5.13. The van der Waals surface area contributed by atoms with Gasteiger partial charge in [0.25, 0.3) is 5.91 Å².